The molecule has 0 aliphatic carbocycles. The van der Waals surface area contributed by atoms with Crippen LogP contribution in [0.5, 0.6) is 5.75 Å². The van der Waals surface area contributed by atoms with Crippen molar-refractivity contribution < 1.29 is 19.1 Å². The summed E-state index contributed by atoms with van der Waals surface area (Å²) in [7, 11) is 4.87. The van der Waals surface area contributed by atoms with Gasteiger partial charge in [0.1, 0.15) is 5.75 Å². The van der Waals surface area contributed by atoms with E-state index in [9.17, 15) is 19.2 Å². The minimum absolute atomic E-state index is 0.126. The molecule has 2 aromatic carbocycles. The third-order valence-electron chi connectivity index (χ3n) is 6.26. The Bertz CT molecular complexity index is 1520. The van der Waals surface area contributed by atoms with Gasteiger partial charge in [-0.05, 0) is 35.9 Å². The summed E-state index contributed by atoms with van der Waals surface area (Å²) in [4.78, 5) is 51.5. The largest absolute Gasteiger partial charge is 0.497 e. The van der Waals surface area contributed by atoms with E-state index in [0.29, 0.717) is 22.4 Å². The Labute approximate surface area is 194 Å². The molecule has 0 unspecified atom stereocenters. The fraction of sp³-hybridized carbons (Fsp3) is 0.250. The van der Waals surface area contributed by atoms with Gasteiger partial charge in [-0.25, -0.2) is 9.59 Å². The third-order valence-corrected chi connectivity index (χ3v) is 6.26. The molecule has 0 saturated carbocycles. The molecular formula is C24H21N5O5. The standard InChI is InChI=1S/C24H21N5O5/c1-27-18-7-4-14(10-19(18)28(2)23(27)33)8-9-24(21(31)25-22(32)26-24)13-29-12-15-5-6-16(34-3)11-17(15)20(29)30/h4-7,10-11H,12-13H2,1-3H3,(H2,25,26,31,32)/t24-/m1/s1. The highest BCUT2D eigenvalue weighted by molar-refractivity contribution is 6.10. The molecule has 3 aromatic rings. The number of imidazole rings is 1. The first-order chi connectivity index (χ1) is 16.2. The summed E-state index contributed by atoms with van der Waals surface area (Å²) < 4.78 is 8.25. The summed E-state index contributed by atoms with van der Waals surface area (Å²) in [5.41, 5.74) is 1.50. The van der Waals surface area contributed by atoms with E-state index in [1.54, 1.807) is 50.5 Å². The van der Waals surface area contributed by atoms with Crippen LogP contribution in [0.3, 0.4) is 0 Å². The number of amides is 4. The number of urea groups is 1. The van der Waals surface area contributed by atoms with Gasteiger partial charge in [0, 0.05) is 31.8 Å². The Morgan fingerprint density at radius 1 is 1.03 bits per heavy atom. The number of ether oxygens (including phenoxy) is 1. The SMILES string of the molecule is COc1ccc2c(c1)C(=O)N(C[C@@]1(C#Cc3ccc4c(c3)n(C)c(=O)n4C)NC(=O)NC1=O)C2. The Hall–Kier alpha value is -4.52. The number of hydrogen-bond acceptors (Lipinski definition) is 5. The molecule has 1 saturated heterocycles. The molecule has 0 spiro atoms. The highest BCUT2D eigenvalue weighted by atomic mass is 16.5. The van der Waals surface area contributed by atoms with E-state index in [-0.39, 0.29) is 24.7 Å². The van der Waals surface area contributed by atoms with Crippen molar-refractivity contribution in [3.8, 4) is 17.6 Å². The second kappa shape index (κ2) is 7.52. The lowest BCUT2D eigenvalue weighted by molar-refractivity contribution is -0.122. The molecule has 10 heteroatoms. The number of benzene rings is 2. The first-order valence-electron chi connectivity index (χ1n) is 10.5. The molecular weight excluding hydrogens is 438 g/mol. The van der Waals surface area contributed by atoms with Crippen molar-refractivity contribution in [2.75, 3.05) is 13.7 Å². The molecule has 4 amide bonds. The van der Waals surface area contributed by atoms with Gasteiger partial charge in [-0.3, -0.25) is 24.0 Å². The number of carbonyl (C=O) groups excluding carboxylic acids is 3. The van der Waals surface area contributed by atoms with Gasteiger partial charge in [-0.1, -0.05) is 17.9 Å². The summed E-state index contributed by atoms with van der Waals surface area (Å²) in [6.07, 6.45) is 0. The van der Waals surface area contributed by atoms with Gasteiger partial charge in [0.05, 0.1) is 24.7 Å². The molecule has 2 aliphatic rings. The molecule has 2 aliphatic heterocycles. The van der Waals surface area contributed by atoms with E-state index in [1.165, 1.54) is 21.1 Å². The van der Waals surface area contributed by atoms with E-state index < -0.39 is 17.5 Å². The molecule has 5 rings (SSSR count). The van der Waals surface area contributed by atoms with Crippen LogP contribution in [0.15, 0.2) is 41.2 Å². The number of carbonyl (C=O) groups is 3. The van der Waals surface area contributed by atoms with Crippen molar-refractivity contribution in [3.05, 3.63) is 63.6 Å². The molecule has 1 aromatic heterocycles. The number of hydrogen-bond donors (Lipinski definition) is 2. The van der Waals surface area contributed by atoms with Gasteiger partial charge >= 0.3 is 11.7 Å². The van der Waals surface area contributed by atoms with E-state index in [1.807, 2.05) is 0 Å². The van der Waals surface area contributed by atoms with E-state index >= 15 is 0 Å². The summed E-state index contributed by atoms with van der Waals surface area (Å²) in [5.74, 6) is 5.49. The topological polar surface area (TPSA) is 115 Å². The number of nitrogens with one attached hydrogen (secondary N) is 2. The zero-order valence-corrected chi connectivity index (χ0v) is 18.8. The van der Waals surface area contributed by atoms with E-state index in [0.717, 1.165) is 11.1 Å². The Morgan fingerprint density at radius 2 is 1.79 bits per heavy atom. The van der Waals surface area contributed by atoms with E-state index in [2.05, 4.69) is 22.5 Å². The van der Waals surface area contributed by atoms with Crippen LogP contribution in [0.2, 0.25) is 0 Å². The smallest absolute Gasteiger partial charge is 0.328 e. The summed E-state index contributed by atoms with van der Waals surface area (Å²) in [5, 5.41) is 4.82. The predicted octanol–water partition coefficient (Wildman–Crippen LogP) is 0.471. The maximum absolute atomic E-state index is 13.0. The fourth-order valence-corrected chi connectivity index (χ4v) is 4.38. The van der Waals surface area contributed by atoms with Gasteiger partial charge in [-0.15, -0.1) is 0 Å². The van der Waals surface area contributed by atoms with Crippen LogP contribution < -0.4 is 21.1 Å². The van der Waals surface area contributed by atoms with Gasteiger partial charge in [0.2, 0.25) is 5.54 Å². The van der Waals surface area contributed by atoms with Crippen LogP contribution in [0.1, 0.15) is 21.5 Å². The van der Waals surface area contributed by atoms with Gasteiger partial charge < -0.3 is 15.0 Å². The lowest BCUT2D eigenvalue weighted by Crippen LogP contribution is -2.54. The van der Waals surface area contributed by atoms with Crippen LogP contribution >= 0.6 is 0 Å². The monoisotopic (exact) mass is 459 g/mol. The van der Waals surface area contributed by atoms with Crippen molar-refractivity contribution in [1.29, 1.82) is 0 Å². The maximum atomic E-state index is 13.0. The van der Waals surface area contributed by atoms with E-state index in [4.69, 9.17) is 4.74 Å². The van der Waals surface area contributed by atoms with Crippen molar-refractivity contribution >= 4 is 28.9 Å². The molecule has 3 heterocycles. The van der Waals surface area contributed by atoms with Crippen LogP contribution in [0, 0.1) is 11.8 Å². The molecule has 0 bridgehead atoms. The van der Waals surface area contributed by atoms with Crippen molar-refractivity contribution in [2.24, 2.45) is 14.1 Å². The van der Waals surface area contributed by atoms with Gasteiger partial charge in [0.25, 0.3) is 11.8 Å². The average molecular weight is 459 g/mol. The van der Waals surface area contributed by atoms with Gasteiger partial charge in [0.15, 0.2) is 0 Å². The zero-order valence-electron chi connectivity index (χ0n) is 18.8. The maximum Gasteiger partial charge on any atom is 0.328 e. The summed E-state index contributed by atoms with van der Waals surface area (Å²) in [6.45, 7) is 0.155. The summed E-state index contributed by atoms with van der Waals surface area (Å²) in [6, 6.07) is 9.80. The number of nitrogens with zero attached hydrogens (tertiary/aromatic N) is 3. The Balaban J connectivity index is 1.50. The second-order valence-corrected chi connectivity index (χ2v) is 8.35. The van der Waals surface area contributed by atoms with Crippen LogP contribution in [0.25, 0.3) is 11.0 Å². The third kappa shape index (κ3) is 3.21. The molecule has 0 radical (unpaired) electrons. The quantitative estimate of drug-likeness (QED) is 0.437. The van der Waals surface area contributed by atoms with Crippen LogP contribution in [0.4, 0.5) is 4.79 Å². The number of rotatable bonds is 3. The molecule has 10 nitrogen and oxygen atoms in total. The number of fused-ring (bicyclic) bond motifs is 2. The lowest BCUT2D eigenvalue weighted by atomic mass is 9.99. The summed E-state index contributed by atoms with van der Waals surface area (Å²) >= 11 is 0. The van der Waals surface area contributed by atoms with Crippen molar-refractivity contribution in [2.45, 2.75) is 12.1 Å². The Morgan fingerprint density at radius 3 is 2.50 bits per heavy atom. The highest BCUT2D eigenvalue weighted by Gasteiger charge is 2.48. The predicted molar refractivity (Wildman–Crippen MR) is 122 cm³/mol. The average Bonchev–Trinajstić information content (AvgIpc) is 3.37. The number of methoxy groups -OCH3 is 1. The first kappa shape index (κ1) is 21.3. The molecule has 34 heavy (non-hydrogen) atoms. The number of imide groups is 1. The van der Waals surface area contributed by atoms with Crippen LogP contribution in [-0.2, 0) is 25.4 Å². The molecule has 172 valence electrons. The normalized spacial score (nSPS) is 19.0. The molecule has 2 N–H and O–H groups in total. The second-order valence-electron chi connectivity index (χ2n) is 8.35. The van der Waals surface area contributed by atoms with Crippen molar-refractivity contribution in [1.82, 2.24) is 24.7 Å². The number of aryl methyl sites for hydroxylation is 2. The number of aromatic nitrogens is 2. The minimum atomic E-state index is -1.61. The van der Waals surface area contributed by atoms with Crippen LogP contribution in [-0.4, -0.2) is 51.1 Å². The first-order valence-corrected chi connectivity index (χ1v) is 10.5. The fourth-order valence-electron chi connectivity index (χ4n) is 4.38. The minimum Gasteiger partial charge on any atom is -0.497 e. The lowest BCUT2D eigenvalue weighted by Gasteiger charge is -2.26. The molecule has 1 fully saturated rings. The van der Waals surface area contributed by atoms with Gasteiger partial charge in [-0.2, -0.15) is 0 Å². The van der Waals surface area contributed by atoms with Crippen molar-refractivity contribution in [3.63, 3.8) is 0 Å². The Kier molecular flexibility index (Phi) is 4.72. The highest BCUT2D eigenvalue weighted by Crippen LogP contribution is 2.28. The molecule has 1 atom stereocenters. The zero-order chi connectivity index (χ0) is 24.2.